The molecule has 1 aliphatic rings. The van der Waals surface area contributed by atoms with E-state index in [1.54, 1.807) is 13.2 Å². The molecule has 0 fully saturated rings. The number of nitrogens with one attached hydrogen (secondary N) is 1. The Morgan fingerprint density at radius 3 is 2.87 bits per heavy atom. The van der Waals surface area contributed by atoms with E-state index in [1.165, 1.54) is 11.1 Å². The first-order chi connectivity index (χ1) is 14.9. The molecule has 9 heteroatoms. The van der Waals surface area contributed by atoms with Gasteiger partial charge < -0.3 is 15.0 Å². The summed E-state index contributed by atoms with van der Waals surface area (Å²) in [6.45, 7) is 0.675. The van der Waals surface area contributed by atoms with Crippen molar-refractivity contribution in [3.63, 3.8) is 0 Å². The molecule has 0 bridgehead atoms. The van der Waals surface area contributed by atoms with E-state index < -0.39 is 0 Å². The number of carbonyl (C=O) groups excluding carboxylic acids is 2. The first kappa shape index (κ1) is 21.1. The third kappa shape index (κ3) is 4.62. The summed E-state index contributed by atoms with van der Waals surface area (Å²) < 4.78 is 5.19. The van der Waals surface area contributed by atoms with Crippen molar-refractivity contribution in [1.82, 2.24) is 20.2 Å². The van der Waals surface area contributed by atoms with Crippen molar-refractivity contribution in [1.29, 1.82) is 0 Å². The maximum absolute atomic E-state index is 12.9. The molecule has 31 heavy (non-hydrogen) atoms. The summed E-state index contributed by atoms with van der Waals surface area (Å²) in [5.41, 5.74) is 3.38. The number of carbonyl (C=O) groups is 2. The van der Waals surface area contributed by atoms with Gasteiger partial charge in [0.15, 0.2) is 0 Å². The second kappa shape index (κ2) is 8.91. The average molecular weight is 457 g/mol. The number of nitrogens with zero attached hydrogens (tertiary/aromatic N) is 3. The van der Waals surface area contributed by atoms with Gasteiger partial charge in [-0.3, -0.25) is 9.59 Å². The molecule has 1 aliphatic heterocycles. The Labute approximate surface area is 189 Å². The lowest BCUT2D eigenvalue weighted by atomic mass is 10.0. The van der Waals surface area contributed by atoms with Gasteiger partial charge in [0.1, 0.15) is 12.3 Å². The Bertz CT molecular complexity index is 1170. The van der Waals surface area contributed by atoms with Gasteiger partial charge >= 0.3 is 0 Å². The molecule has 1 N–H and O–H groups in total. The van der Waals surface area contributed by atoms with Gasteiger partial charge in [-0.05, 0) is 40.9 Å². The molecule has 0 spiro atoms. The van der Waals surface area contributed by atoms with Crippen molar-refractivity contribution in [3.8, 4) is 17.0 Å². The standard InChI is InChI=1S/C22H18Cl2N4O3/c1-31-16-4-2-3-13(7-16)9-25-19(29)12-28-11-15-6-5-14(8-17(15)21(28)30)20-18(23)10-26-22(24)27-20/h2-8,10H,9,11-12H2,1H3,(H,25,29). The predicted octanol–water partition coefficient (Wildman–Crippen LogP) is 3.73. The van der Waals surface area contributed by atoms with Gasteiger partial charge in [0, 0.05) is 24.2 Å². The van der Waals surface area contributed by atoms with E-state index in [-0.39, 0.29) is 23.6 Å². The second-order valence-electron chi connectivity index (χ2n) is 7.00. The van der Waals surface area contributed by atoms with Gasteiger partial charge in [-0.15, -0.1) is 0 Å². The SMILES string of the molecule is COc1cccc(CNC(=O)CN2Cc3ccc(-c4nc(Cl)ncc4Cl)cc3C2=O)c1. The first-order valence-electron chi connectivity index (χ1n) is 9.45. The van der Waals surface area contributed by atoms with Crippen LogP contribution in [0.5, 0.6) is 5.75 Å². The quantitative estimate of drug-likeness (QED) is 0.571. The van der Waals surface area contributed by atoms with Crippen LogP contribution in [0.1, 0.15) is 21.5 Å². The van der Waals surface area contributed by atoms with E-state index in [9.17, 15) is 9.59 Å². The number of hydrogen-bond acceptors (Lipinski definition) is 5. The first-order valence-corrected chi connectivity index (χ1v) is 10.2. The highest BCUT2D eigenvalue weighted by Gasteiger charge is 2.29. The number of ether oxygens (including phenoxy) is 1. The summed E-state index contributed by atoms with van der Waals surface area (Å²) >= 11 is 12.1. The van der Waals surface area contributed by atoms with Crippen LogP contribution in [0, 0.1) is 0 Å². The lowest BCUT2D eigenvalue weighted by molar-refractivity contribution is -0.122. The molecule has 0 radical (unpaired) electrons. The van der Waals surface area contributed by atoms with Crippen molar-refractivity contribution in [2.24, 2.45) is 0 Å². The molecular weight excluding hydrogens is 439 g/mol. The topological polar surface area (TPSA) is 84.4 Å². The van der Waals surface area contributed by atoms with Gasteiger partial charge in [-0.1, -0.05) is 35.9 Å². The van der Waals surface area contributed by atoms with E-state index in [4.69, 9.17) is 27.9 Å². The van der Waals surface area contributed by atoms with Crippen LogP contribution >= 0.6 is 23.2 Å². The number of benzene rings is 2. The second-order valence-corrected chi connectivity index (χ2v) is 7.74. The highest BCUT2D eigenvalue weighted by molar-refractivity contribution is 6.33. The lowest BCUT2D eigenvalue weighted by Crippen LogP contribution is -2.37. The van der Waals surface area contributed by atoms with E-state index in [0.29, 0.717) is 34.9 Å². The average Bonchev–Trinajstić information content (AvgIpc) is 3.08. The van der Waals surface area contributed by atoms with Crippen LogP contribution in [0.4, 0.5) is 0 Å². The summed E-state index contributed by atoms with van der Waals surface area (Å²) in [4.78, 5) is 34.8. The zero-order valence-corrected chi connectivity index (χ0v) is 18.1. The van der Waals surface area contributed by atoms with E-state index in [0.717, 1.165) is 16.9 Å². The number of hydrogen-bond donors (Lipinski definition) is 1. The highest BCUT2D eigenvalue weighted by Crippen LogP contribution is 2.31. The van der Waals surface area contributed by atoms with Crippen molar-refractivity contribution in [2.45, 2.75) is 13.1 Å². The van der Waals surface area contributed by atoms with Crippen molar-refractivity contribution >= 4 is 35.0 Å². The maximum Gasteiger partial charge on any atom is 0.254 e. The largest absolute Gasteiger partial charge is 0.497 e. The zero-order chi connectivity index (χ0) is 22.0. The van der Waals surface area contributed by atoms with E-state index in [2.05, 4.69) is 15.3 Å². The van der Waals surface area contributed by atoms with Crippen molar-refractivity contribution in [2.75, 3.05) is 13.7 Å². The summed E-state index contributed by atoms with van der Waals surface area (Å²) in [7, 11) is 1.59. The third-order valence-corrected chi connectivity index (χ3v) is 5.39. The molecule has 0 atom stereocenters. The van der Waals surface area contributed by atoms with Crippen LogP contribution in [-0.2, 0) is 17.9 Å². The number of methoxy groups -OCH3 is 1. The third-order valence-electron chi connectivity index (χ3n) is 4.94. The minimum atomic E-state index is -0.241. The molecule has 0 unspecified atom stereocenters. The maximum atomic E-state index is 12.9. The summed E-state index contributed by atoms with van der Waals surface area (Å²) in [6.07, 6.45) is 1.42. The van der Waals surface area contributed by atoms with E-state index in [1.807, 2.05) is 36.4 Å². The van der Waals surface area contributed by atoms with Crippen LogP contribution in [-0.4, -0.2) is 40.3 Å². The van der Waals surface area contributed by atoms with Crippen LogP contribution in [0.25, 0.3) is 11.3 Å². The van der Waals surface area contributed by atoms with Gasteiger partial charge in [-0.25, -0.2) is 9.97 Å². The minimum Gasteiger partial charge on any atom is -0.497 e. The Morgan fingerprint density at radius 1 is 1.23 bits per heavy atom. The van der Waals surface area contributed by atoms with Gasteiger partial charge in [0.05, 0.1) is 24.0 Å². The van der Waals surface area contributed by atoms with Crippen LogP contribution in [0.2, 0.25) is 10.3 Å². The zero-order valence-electron chi connectivity index (χ0n) is 16.6. The molecule has 1 aromatic heterocycles. The Kier molecular flexibility index (Phi) is 6.06. The summed E-state index contributed by atoms with van der Waals surface area (Å²) in [6, 6.07) is 12.8. The normalized spacial score (nSPS) is 12.6. The molecule has 2 heterocycles. The lowest BCUT2D eigenvalue weighted by Gasteiger charge is -2.15. The molecule has 2 amide bonds. The number of amides is 2. The molecule has 0 saturated carbocycles. The van der Waals surface area contributed by atoms with Crippen molar-refractivity contribution in [3.05, 3.63) is 75.7 Å². The highest BCUT2D eigenvalue weighted by atomic mass is 35.5. The fourth-order valence-corrected chi connectivity index (χ4v) is 3.73. The van der Waals surface area contributed by atoms with Gasteiger partial charge in [0.2, 0.25) is 11.2 Å². The van der Waals surface area contributed by atoms with Gasteiger partial charge in [0.25, 0.3) is 5.91 Å². The molecular formula is C22H18Cl2N4O3. The van der Waals surface area contributed by atoms with Crippen LogP contribution < -0.4 is 10.1 Å². The molecule has 0 saturated heterocycles. The molecule has 2 aromatic carbocycles. The number of halogens is 2. The molecule has 4 rings (SSSR count). The Hall–Kier alpha value is -3.16. The Morgan fingerprint density at radius 2 is 2.06 bits per heavy atom. The minimum absolute atomic E-state index is 0.0348. The Balaban J connectivity index is 1.43. The summed E-state index contributed by atoms with van der Waals surface area (Å²) in [5, 5.41) is 3.24. The monoisotopic (exact) mass is 456 g/mol. The van der Waals surface area contributed by atoms with Crippen molar-refractivity contribution < 1.29 is 14.3 Å². The van der Waals surface area contributed by atoms with Crippen LogP contribution in [0.3, 0.4) is 0 Å². The number of fused-ring (bicyclic) bond motifs is 1. The fourth-order valence-electron chi connectivity index (χ4n) is 3.40. The van der Waals surface area contributed by atoms with E-state index >= 15 is 0 Å². The molecule has 3 aromatic rings. The molecule has 0 aliphatic carbocycles. The summed E-state index contributed by atoms with van der Waals surface area (Å²) in [5.74, 6) is 0.261. The fraction of sp³-hybridized carbons (Fsp3) is 0.182. The number of aromatic nitrogens is 2. The molecule has 7 nitrogen and oxygen atoms in total. The smallest absolute Gasteiger partial charge is 0.254 e. The van der Waals surface area contributed by atoms with Gasteiger partial charge in [-0.2, -0.15) is 0 Å². The molecule has 158 valence electrons. The predicted molar refractivity (Wildman–Crippen MR) is 117 cm³/mol. The van der Waals surface area contributed by atoms with Crippen LogP contribution in [0.15, 0.2) is 48.7 Å². The number of rotatable bonds is 6.